The topological polar surface area (TPSA) is 53.9 Å². The van der Waals surface area contributed by atoms with Gasteiger partial charge in [-0.2, -0.15) is 0 Å². The molecule has 1 atom stereocenters. The zero-order valence-corrected chi connectivity index (χ0v) is 11.4. The van der Waals surface area contributed by atoms with Crippen molar-refractivity contribution in [3.05, 3.63) is 38.7 Å². The van der Waals surface area contributed by atoms with Gasteiger partial charge in [0.2, 0.25) is 0 Å². The van der Waals surface area contributed by atoms with Crippen LogP contribution in [-0.4, -0.2) is 16.5 Å². The Kier molecular flexibility index (Phi) is 2.65. The van der Waals surface area contributed by atoms with Crippen LogP contribution in [0, 0.1) is 0 Å². The fraction of sp³-hybridized carbons (Fsp3) is 0.300. The van der Waals surface area contributed by atoms with Crippen molar-refractivity contribution >= 4 is 31.9 Å². The SMILES string of the molecule is Brc1cc(C2NCCc3[nH]cnc32)oc1Br. The lowest BCUT2D eigenvalue weighted by molar-refractivity contribution is 0.417. The molecule has 2 aromatic rings. The van der Waals surface area contributed by atoms with E-state index >= 15 is 0 Å². The average molecular weight is 347 g/mol. The van der Waals surface area contributed by atoms with Crippen LogP contribution < -0.4 is 5.32 Å². The van der Waals surface area contributed by atoms with Crippen molar-refractivity contribution in [2.24, 2.45) is 0 Å². The first-order valence-corrected chi connectivity index (χ1v) is 6.54. The molecule has 0 saturated carbocycles. The van der Waals surface area contributed by atoms with E-state index in [-0.39, 0.29) is 6.04 Å². The van der Waals surface area contributed by atoms with Crippen LogP contribution in [0.25, 0.3) is 0 Å². The number of aromatic nitrogens is 2. The highest BCUT2D eigenvalue weighted by molar-refractivity contribution is 9.13. The molecule has 0 bridgehead atoms. The second-order valence-corrected chi connectivity index (χ2v) is 5.25. The Bertz CT molecular complexity index is 500. The van der Waals surface area contributed by atoms with E-state index < -0.39 is 0 Å². The number of imidazole rings is 1. The van der Waals surface area contributed by atoms with E-state index in [9.17, 15) is 0 Å². The highest BCUT2D eigenvalue weighted by Crippen LogP contribution is 2.33. The third-order valence-electron chi connectivity index (χ3n) is 2.70. The molecule has 6 heteroatoms. The normalized spacial score (nSPS) is 19.8. The molecule has 3 heterocycles. The third-order valence-corrected chi connectivity index (χ3v) is 4.41. The van der Waals surface area contributed by atoms with Crippen LogP contribution in [0.4, 0.5) is 0 Å². The Labute approximate surface area is 109 Å². The van der Waals surface area contributed by atoms with Crippen molar-refractivity contribution < 1.29 is 4.42 Å². The largest absolute Gasteiger partial charge is 0.451 e. The number of nitrogens with one attached hydrogen (secondary N) is 2. The van der Waals surface area contributed by atoms with Crippen molar-refractivity contribution in [1.29, 1.82) is 0 Å². The second kappa shape index (κ2) is 4.01. The summed E-state index contributed by atoms with van der Waals surface area (Å²) in [6.07, 6.45) is 2.71. The highest BCUT2D eigenvalue weighted by atomic mass is 79.9. The van der Waals surface area contributed by atoms with Gasteiger partial charge in [-0.25, -0.2) is 4.98 Å². The molecule has 0 saturated heterocycles. The van der Waals surface area contributed by atoms with E-state index in [0.717, 1.165) is 28.9 Å². The number of aromatic amines is 1. The van der Waals surface area contributed by atoms with Gasteiger partial charge < -0.3 is 14.7 Å². The maximum atomic E-state index is 5.63. The summed E-state index contributed by atoms with van der Waals surface area (Å²) in [7, 11) is 0. The van der Waals surface area contributed by atoms with Crippen molar-refractivity contribution in [3.63, 3.8) is 0 Å². The lowest BCUT2D eigenvalue weighted by Gasteiger charge is -2.20. The number of halogens is 2. The number of rotatable bonds is 1. The first-order valence-electron chi connectivity index (χ1n) is 4.96. The summed E-state index contributed by atoms with van der Waals surface area (Å²) < 4.78 is 7.27. The fourth-order valence-corrected chi connectivity index (χ4v) is 2.57. The monoisotopic (exact) mass is 345 g/mol. The van der Waals surface area contributed by atoms with Gasteiger partial charge in [-0.05, 0) is 37.9 Å². The zero-order valence-electron chi connectivity index (χ0n) is 8.26. The minimum Gasteiger partial charge on any atom is -0.451 e. The number of hydrogen-bond acceptors (Lipinski definition) is 3. The first-order chi connectivity index (χ1) is 7.75. The standard InChI is InChI=1S/C10H9Br2N3O/c11-5-3-7(16-10(5)12)9-8-6(1-2-13-9)14-4-15-8/h3-4,9,13H,1-2H2,(H,14,15). The van der Waals surface area contributed by atoms with Gasteiger partial charge in [0.25, 0.3) is 0 Å². The molecule has 0 aromatic carbocycles. The van der Waals surface area contributed by atoms with Crippen LogP contribution >= 0.6 is 31.9 Å². The van der Waals surface area contributed by atoms with E-state index in [1.165, 1.54) is 5.69 Å². The Morgan fingerprint density at radius 2 is 2.31 bits per heavy atom. The van der Waals surface area contributed by atoms with Crippen LogP contribution in [0.15, 0.2) is 26.0 Å². The molecule has 16 heavy (non-hydrogen) atoms. The van der Waals surface area contributed by atoms with Gasteiger partial charge in [0.05, 0.1) is 16.5 Å². The maximum Gasteiger partial charge on any atom is 0.183 e. The van der Waals surface area contributed by atoms with Gasteiger partial charge >= 0.3 is 0 Å². The number of hydrogen-bond donors (Lipinski definition) is 2. The molecule has 1 unspecified atom stereocenters. The van der Waals surface area contributed by atoms with E-state index in [4.69, 9.17) is 4.42 Å². The summed E-state index contributed by atoms with van der Waals surface area (Å²) in [6.45, 7) is 0.926. The molecule has 0 radical (unpaired) electrons. The minimum absolute atomic E-state index is 0.0394. The molecule has 0 spiro atoms. The predicted octanol–water partition coefficient (Wildman–Crippen LogP) is 2.76. The van der Waals surface area contributed by atoms with Crippen LogP contribution in [0.3, 0.4) is 0 Å². The highest BCUT2D eigenvalue weighted by Gasteiger charge is 2.26. The molecular formula is C10H9Br2N3O. The molecule has 0 amide bonds. The molecule has 0 fully saturated rings. The summed E-state index contributed by atoms with van der Waals surface area (Å²) >= 11 is 6.76. The van der Waals surface area contributed by atoms with Crippen LogP contribution in [-0.2, 0) is 6.42 Å². The Hall–Kier alpha value is -0.590. The fourth-order valence-electron chi connectivity index (χ4n) is 1.96. The predicted molar refractivity (Wildman–Crippen MR) is 66.2 cm³/mol. The second-order valence-electron chi connectivity index (χ2n) is 3.67. The number of nitrogens with zero attached hydrogens (tertiary/aromatic N) is 1. The Balaban J connectivity index is 2.03. The molecule has 2 N–H and O–H groups in total. The lowest BCUT2D eigenvalue weighted by atomic mass is 10.0. The van der Waals surface area contributed by atoms with Crippen molar-refractivity contribution in [1.82, 2.24) is 15.3 Å². The third kappa shape index (κ3) is 1.65. The van der Waals surface area contributed by atoms with E-state index in [2.05, 4.69) is 47.1 Å². The van der Waals surface area contributed by atoms with Crippen molar-refractivity contribution in [3.8, 4) is 0 Å². The first kappa shape index (κ1) is 10.6. The molecule has 0 aliphatic carbocycles. The Morgan fingerprint density at radius 3 is 3.06 bits per heavy atom. The molecule has 2 aromatic heterocycles. The van der Waals surface area contributed by atoms with E-state index in [1.807, 2.05) is 6.07 Å². The molecular weight excluding hydrogens is 338 g/mol. The number of furan rings is 1. The van der Waals surface area contributed by atoms with Gasteiger partial charge in [-0.3, -0.25) is 0 Å². The van der Waals surface area contributed by atoms with Gasteiger partial charge in [-0.15, -0.1) is 0 Å². The summed E-state index contributed by atoms with van der Waals surface area (Å²) in [5.74, 6) is 0.867. The average Bonchev–Trinajstić information content (AvgIpc) is 2.85. The molecule has 1 aliphatic rings. The van der Waals surface area contributed by atoms with Gasteiger partial charge in [-0.1, -0.05) is 0 Å². The summed E-state index contributed by atoms with van der Waals surface area (Å²) in [6, 6.07) is 2.00. The van der Waals surface area contributed by atoms with E-state index in [0.29, 0.717) is 4.67 Å². The van der Waals surface area contributed by atoms with Gasteiger partial charge in [0, 0.05) is 18.7 Å². The van der Waals surface area contributed by atoms with Crippen molar-refractivity contribution in [2.45, 2.75) is 12.5 Å². The zero-order chi connectivity index (χ0) is 11.1. The molecule has 3 rings (SSSR count). The van der Waals surface area contributed by atoms with Gasteiger partial charge in [0.15, 0.2) is 4.67 Å². The van der Waals surface area contributed by atoms with Crippen LogP contribution in [0.2, 0.25) is 0 Å². The molecule has 4 nitrogen and oxygen atoms in total. The number of fused-ring (bicyclic) bond motifs is 1. The molecule has 1 aliphatic heterocycles. The van der Waals surface area contributed by atoms with Crippen molar-refractivity contribution in [2.75, 3.05) is 6.54 Å². The van der Waals surface area contributed by atoms with E-state index in [1.54, 1.807) is 6.33 Å². The summed E-state index contributed by atoms with van der Waals surface area (Å²) in [5.41, 5.74) is 2.22. The van der Waals surface area contributed by atoms with Crippen LogP contribution in [0.1, 0.15) is 23.2 Å². The summed E-state index contributed by atoms with van der Waals surface area (Å²) in [5, 5.41) is 3.40. The smallest absolute Gasteiger partial charge is 0.183 e. The minimum atomic E-state index is 0.0394. The van der Waals surface area contributed by atoms with Crippen LogP contribution in [0.5, 0.6) is 0 Å². The molecule has 84 valence electrons. The summed E-state index contributed by atoms with van der Waals surface area (Å²) in [4.78, 5) is 7.51. The van der Waals surface area contributed by atoms with Gasteiger partial charge in [0.1, 0.15) is 11.8 Å². The lowest BCUT2D eigenvalue weighted by Crippen LogP contribution is -2.30. The Morgan fingerprint density at radius 1 is 1.44 bits per heavy atom. The quantitative estimate of drug-likeness (QED) is 0.834. The number of H-pyrrole nitrogens is 1. The maximum absolute atomic E-state index is 5.63.